The summed E-state index contributed by atoms with van der Waals surface area (Å²) in [5.74, 6) is -0.479. The molecule has 1 aliphatic carbocycles. The fourth-order valence-corrected chi connectivity index (χ4v) is 3.17. The molecule has 0 heterocycles. The lowest BCUT2D eigenvalue weighted by molar-refractivity contribution is -0.125. The summed E-state index contributed by atoms with van der Waals surface area (Å²) in [6.07, 6.45) is 6.25. The molecule has 1 N–H and O–H groups in total. The van der Waals surface area contributed by atoms with Crippen molar-refractivity contribution in [2.24, 2.45) is 5.92 Å². The Morgan fingerprint density at radius 3 is 2.38 bits per heavy atom. The summed E-state index contributed by atoms with van der Waals surface area (Å²) in [4.78, 5) is 24.1. The topological polar surface area (TPSA) is 79.2 Å². The molecule has 0 aromatic heterocycles. The van der Waals surface area contributed by atoms with E-state index in [2.05, 4.69) is 11.4 Å². The highest BCUT2D eigenvalue weighted by atomic mass is 16.5. The number of amides is 1. The Bertz CT molecular complexity index is 669. The van der Waals surface area contributed by atoms with Gasteiger partial charge < -0.3 is 10.1 Å². The molecular formula is C21H28N2O3. The Kier molecular flexibility index (Phi) is 6.79. The summed E-state index contributed by atoms with van der Waals surface area (Å²) in [7, 11) is 0. The maximum Gasteiger partial charge on any atom is 0.338 e. The number of carbonyl (C=O) groups excluding carboxylic acids is 2. The molecule has 5 heteroatoms. The number of nitriles is 1. The Balaban J connectivity index is 1.87. The van der Waals surface area contributed by atoms with Gasteiger partial charge in [0, 0.05) is 0 Å². The van der Waals surface area contributed by atoms with E-state index in [1.54, 1.807) is 19.1 Å². The van der Waals surface area contributed by atoms with Gasteiger partial charge in [-0.05, 0) is 49.3 Å². The molecule has 0 radical (unpaired) electrons. The van der Waals surface area contributed by atoms with Crippen LogP contribution in [-0.2, 0) is 9.53 Å². The van der Waals surface area contributed by atoms with Crippen LogP contribution >= 0.6 is 0 Å². The Morgan fingerprint density at radius 1 is 1.23 bits per heavy atom. The largest absolute Gasteiger partial charge is 0.452 e. The van der Waals surface area contributed by atoms with Gasteiger partial charge in [-0.25, -0.2) is 4.79 Å². The lowest BCUT2D eigenvalue weighted by atomic mass is 9.84. The lowest BCUT2D eigenvalue weighted by Gasteiger charge is -2.27. The number of carbonyl (C=O) groups is 2. The van der Waals surface area contributed by atoms with Gasteiger partial charge in [0.2, 0.25) is 0 Å². The minimum absolute atomic E-state index is 0.0560. The van der Waals surface area contributed by atoms with Gasteiger partial charge in [-0.1, -0.05) is 45.2 Å². The first-order valence-corrected chi connectivity index (χ1v) is 9.35. The number of ether oxygens (including phenoxy) is 1. The molecule has 5 nitrogen and oxygen atoms in total. The summed E-state index contributed by atoms with van der Waals surface area (Å²) in [5.41, 5.74) is 0.718. The maximum atomic E-state index is 12.1. The van der Waals surface area contributed by atoms with E-state index in [9.17, 15) is 14.9 Å². The van der Waals surface area contributed by atoms with Gasteiger partial charge in [0.05, 0.1) is 11.6 Å². The van der Waals surface area contributed by atoms with E-state index >= 15 is 0 Å². The number of nitrogens with zero attached hydrogens (tertiary/aromatic N) is 1. The smallest absolute Gasteiger partial charge is 0.338 e. The number of benzene rings is 1. The van der Waals surface area contributed by atoms with Crippen molar-refractivity contribution in [2.75, 3.05) is 6.61 Å². The molecule has 1 aromatic rings. The van der Waals surface area contributed by atoms with Crippen LogP contribution in [0, 0.1) is 17.2 Å². The minimum Gasteiger partial charge on any atom is -0.452 e. The predicted molar refractivity (Wildman–Crippen MR) is 99.5 cm³/mol. The zero-order valence-corrected chi connectivity index (χ0v) is 15.9. The monoisotopic (exact) mass is 356 g/mol. The zero-order valence-electron chi connectivity index (χ0n) is 15.9. The molecule has 1 fully saturated rings. The van der Waals surface area contributed by atoms with Crippen molar-refractivity contribution in [3.05, 3.63) is 35.4 Å². The SMILES string of the molecule is CC(C)[C@@](C)(C#N)NC(=O)COC(=O)c1ccc(C2CCCCC2)cc1. The first-order valence-electron chi connectivity index (χ1n) is 9.35. The molecule has 0 bridgehead atoms. The normalized spacial score (nSPS) is 17.2. The van der Waals surface area contributed by atoms with E-state index in [4.69, 9.17) is 4.74 Å². The van der Waals surface area contributed by atoms with E-state index < -0.39 is 24.0 Å². The number of hydrogen-bond donors (Lipinski definition) is 1. The van der Waals surface area contributed by atoms with Gasteiger partial charge in [0.15, 0.2) is 6.61 Å². The quantitative estimate of drug-likeness (QED) is 0.783. The molecule has 0 spiro atoms. The van der Waals surface area contributed by atoms with E-state index in [1.165, 1.54) is 37.7 Å². The summed E-state index contributed by atoms with van der Waals surface area (Å²) in [6, 6.07) is 9.58. The number of nitrogens with one attached hydrogen (secondary N) is 1. The van der Waals surface area contributed by atoms with Gasteiger partial charge in [-0.2, -0.15) is 5.26 Å². The van der Waals surface area contributed by atoms with Gasteiger partial charge in [-0.15, -0.1) is 0 Å². The van der Waals surface area contributed by atoms with Gasteiger partial charge in [0.25, 0.3) is 5.91 Å². The Morgan fingerprint density at radius 2 is 1.85 bits per heavy atom. The third kappa shape index (κ3) is 5.08. The molecule has 1 saturated carbocycles. The van der Waals surface area contributed by atoms with Crippen molar-refractivity contribution in [1.29, 1.82) is 5.26 Å². The average molecular weight is 356 g/mol. The van der Waals surface area contributed by atoms with Crippen LogP contribution in [0.4, 0.5) is 0 Å². The van der Waals surface area contributed by atoms with Crippen LogP contribution in [-0.4, -0.2) is 24.0 Å². The van der Waals surface area contributed by atoms with Crippen LogP contribution in [0.1, 0.15) is 74.7 Å². The third-order valence-corrected chi connectivity index (χ3v) is 5.34. The van der Waals surface area contributed by atoms with E-state index in [0.29, 0.717) is 11.5 Å². The van der Waals surface area contributed by atoms with Crippen molar-refractivity contribution in [2.45, 2.75) is 64.3 Å². The fourth-order valence-electron chi connectivity index (χ4n) is 3.17. The van der Waals surface area contributed by atoms with Crippen LogP contribution in [0.25, 0.3) is 0 Å². The third-order valence-electron chi connectivity index (χ3n) is 5.34. The molecule has 1 aliphatic rings. The van der Waals surface area contributed by atoms with E-state index in [1.807, 2.05) is 26.0 Å². The molecule has 0 aliphatic heterocycles. The van der Waals surface area contributed by atoms with Crippen LogP contribution in [0.5, 0.6) is 0 Å². The van der Waals surface area contributed by atoms with Gasteiger partial charge in [-0.3, -0.25) is 4.79 Å². The van der Waals surface area contributed by atoms with Crippen molar-refractivity contribution in [1.82, 2.24) is 5.32 Å². The van der Waals surface area contributed by atoms with E-state index in [-0.39, 0.29) is 5.92 Å². The predicted octanol–water partition coefficient (Wildman–Crippen LogP) is 3.95. The highest BCUT2D eigenvalue weighted by molar-refractivity contribution is 5.91. The maximum absolute atomic E-state index is 12.1. The highest BCUT2D eigenvalue weighted by Crippen LogP contribution is 2.32. The molecule has 2 rings (SSSR count). The first kappa shape index (κ1) is 20.0. The lowest BCUT2D eigenvalue weighted by Crippen LogP contribution is -2.50. The summed E-state index contributed by atoms with van der Waals surface area (Å²) in [5, 5.41) is 11.8. The van der Waals surface area contributed by atoms with E-state index in [0.717, 1.165) is 0 Å². The molecule has 1 amide bonds. The zero-order chi connectivity index (χ0) is 19.2. The van der Waals surface area contributed by atoms with Crippen LogP contribution in [0.2, 0.25) is 0 Å². The average Bonchev–Trinajstić information content (AvgIpc) is 2.66. The Hall–Kier alpha value is -2.35. The van der Waals surface area contributed by atoms with Crippen LogP contribution in [0.3, 0.4) is 0 Å². The van der Waals surface area contributed by atoms with Crippen LogP contribution in [0.15, 0.2) is 24.3 Å². The van der Waals surface area contributed by atoms with Crippen molar-refractivity contribution < 1.29 is 14.3 Å². The molecular weight excluding hydrogens is 328 g/mol. The molecule has 26 heavy (non-hydrogen) atoms. The summed E-state index contributed by atoms with van der Waals surface area (Å²) >= 11 is 0. The molecule has 0 saturated heterocycles. The second-order valence-electron chi connectivity index (χ2n) is 7.55. The van der Waals surface area contributed by atoms with Gasteiger partial charge >= 0.3 is 5.97 Å². The number of hydrogen-bond acceptors (Lipinski definition) is 4. The summed E-state index contributed by atoms with van der Waals surface area (Å²) in [6.45, 7) is 4.96. The number of rotatable bonds is 6. The Labute approximate surface area is 155 Å². The molecule has 1 aromatic carbocycles. The molecule has 140 valence electrons. The second-order valence-corrected chi connectivity index (χ2v) is 7.55. The van der Waals surface area contributed by atoms with Crippen LogP contribution < -0.4 is 5.32 Å². The van der Waals surface area contributed by atoms with Crippen molar-refractivity contribution in [3.63, 3.8) is 0 Å². The molecule has 1 atom stereocenters. The standard InChI is InChI=1S/C21H28N2O3/c1-15(2)21(3,14-22)23-19(24)13-26-20(25)18-11-9-17(10-12-18)16-7-5-4-6-8-16/h9-12,15-16H,4-8,13H2,1-3H3,(H,23,24)/t21-/m1/s1. The fraction of sp³-hybridized carbons (Fsp3) is 0.571. The minimum atomic E-state index is -0.981. The summed E-state index contributed by atoms with van der Waals surface area (Å²) < 4.78 is 5.08. The second kappa shape index (κ2) is 8.84. The van der Waals surface area contributed by atoms with Gasteiger partial charge in [0.1, 0.15) is 5.54 Å². The number of esters is 1. The molecule has 0 unspecified atom stereocenters. The first-order chi connectivity index (χ1) is 12.4. The van der Waals surface area contributed by atoms with Crippen molar-refractivity contribution in [3.8, 4) is 6.07 Å². The highest BCUT2D eigenvalue weighted by Gasteiger charge is 2.30. The van der Waals surface area contributed by atoms with Crippen molar-refractivity contribution >= 4 is 11.9 Å².